The Labute approximate surface area is 110 Å². The van der Waals surface area contributed by atoms with E-state index in [1.165, 1.54) is 30.5 Å². The van der Waals surface area contributed by atoms with Crippen LogP contribution in [0.3, 0.4) is 0 Å². The van der Waals surface area contributed by atoms with Crippen molar-refractivity contribution < 1.29 is 0 Å². The van der Waals surface area contributed by atoms with Crippen LogP contribution in [0.15, 0.2) is 24.3 Å². The number of nitrogens with two attached hydrogens (primary N) is 1. The smallest absolute Gasteiger partial charge is 0.0342 e. The van der Waals surface area contributed by atoms with Gasteiger partial charge in [0.1, 0.15) is 0 Å². The number of nitrogens with zero attached hydrogens (tertiary/aromatic N) is 1. The minimum atomic E-state index is 0.565. The first-order valence-corrected chi connectivity index (χ1v) is 6.89. The van der Waals surface area contributed by atoms with Crippen LogP contribution < -0.4 is 11.1 Å². The van der Waals surface area contributed by atoms with Crippen LogP contribution in [0, 0.1) is 5.92 Å². The SMILES string of the molecule is CN(C)Cc1ccc(NC2CCCC2CN)cc1. The number of anilines is 1. The molecular formula is C15H25N3. The summed E-state index contributed by atoms with van der Waals surface area (Å²) in [4.78, 5) is 2.18. The highest BCUT2D eigenvalue weighted by Crippen LogP contribution is 2.27. The lowest BCUT2D eigenvalue weighted by molar-refractivity contribution is 0.402. The van der Waals surface area contributed by atoms with E-state index in [1.54, 1.807) is 0 Å². The number of benzene rings is 1. The maximum absolute atomic E-state index is 5.81. The molecule has 0 radical (unpaired) electrons. The average Bonchev–Trinajstić information content (AvgIpc) is 2.78. The van der Waals surface area contributed by atoms with Gasteiger partial charge in [0, 0.05) is 18.3 Å². The van der Waals surface area contributed by atoms with E-state index in [4.69, 9.17) is 5.73 Å². The second kappa shape index (κ2) is 6.21. The summed E-state index contributed by atoms with van der Waals surface area (Å²) in [6, 6.07) is 9.34. The van der Waals surface area contributed by atoms with Gasteiger partial charge in [-0.15, -0.1) is 0 Å². The predicted octanol–water partition coefficient (Wildman–Crippen LogP) is 2.29. The molecule has 3 heteroatoms. The van der Waals surface area contributed by atoms with Gasteiger partial charge in [0.15, 0.2) is 0 Å². The number of hydrogen-bond acceptors (Lipinski definition) is 3. The maximum atomic E-state index is 5.81. The molecule has 1 saturated carbocycles. The van der Waals surface area contributed by atoms with Crippen LogP contribution in [0.5, 0.6) is 0 Å². The predicted molar refractivity (Wildman–Crippen MR) is 77.6 cm³/mol. The number of hydrogen-bond donors (Lipinski definition) is 2. The quantitative estimate of drug-likeness (QED) is 0.839. The fraction of sp³-hybridized carbons (Fsp3) is 0.600. The molecule has 0 bridgehead atoms. The van der Waals surface area contributed by atoms with Gasteiger partial charge in [0.2, 0.25) is 0 Å². The summed E-state index contributed by atoms with van der Waals surface area (Å²) in [6.45, 7) is 1.80. The molecular weight excluding hydrogens is 222 g/mol. The summed E-state index contributed by atoms with van der Waals surface area (Å²) in [5.74, 6) is 0.645. The maximum Gasteiger partial charge on any atom is 0.0342 e. The first kappa shape index (κ1) is 13.4. The van der Waals surface area contributed by atoms with Gasteiger partial charge < -0.3 is 16.0 Å². The van der Waals surface area contributed by atoms with Gasteiger partial charge in [-0.25, -0.2) is 0 Å². The van der Waals surface area contributed by atoms with Crippen molar-refractivity contribution in [3.8, 4) is 0 Å². The Morgan fingerprint density at radius 2 is 1.94 bits per heavy atom. The number of nitrogens with one attached hydrogen (secondary N) is 1. The zero-order chi connectivity index (χ0) is 13.0. The fourth-order valence-electron chi connectivity index (χ4n) is 2.79. The minimum Gasteiger partial charge on any atom is -0.382 e. The van der Waals surface area contributed by atoms with E-state index >= 15 is 0 Å². The Morgan fingerprint density at radius 1 is 1.22 bits per heavy atom. The van der Waals surface area contributed by atoms with Crippen LogP contribution >= 0.6 is 0 Å². The Hall–Kier alpha value is -1.06. The molecule has 1 aliphatic rings. The molecule has 0 heterocycles. The summed E-state index contributed by atoms with van der Waals surface area (Å²) in [5, 5.41) is 3.63. The normalized spacial score (nSPS) is 23.6. The molecule has 3 nitrogen and oxygen atoms in total. The van der Waals surface area contributed by atoms with E-state index in [0.717, 1.165) is 13.1 Å². The minimum absolute atomic E-state index is 0.565. The van der Waals surface area contributed by atoms with E-state index in [9.17, 15) is 0 Å². The van der Waals surface area contributed by atoms with E-state index < -0.39 is 0 Å². The van der Waals surface area contributed by atoms with Gasteiger partial charge in [-0.3, -0.25) is 0 Å². The molecule has 1 fully saturated rings. The molecule has 1 aromatic carbocycles. The molecule has 2 unspecified atom stereocenters. The summed E-state index contributed by atoms with van der Waals surface area (Å²) < 4.78 is 0. The second-order valence-electron chi connectivity index (χ2n) is 5.61. The first-order valence-electron chi connectivity index (χ1n) is 6.89. The highest BCUT2D eigenvalue weighted by atomic mass is 15.0. The summed E-state index contributed by atoms with van der Waals surface area (Å²) in [5.41, 5.74) is 8.39. The number of rotatable bonds is 5. The van der Waals surface area contributed by atoms with Crippen molar-refractivity contribution in [2.24, 2.45) is 11.7 Å². The highest BCUT2D eigenvalue weighted by molar-refractivity contribution is 5.45. The third kappa shape index (κ3) is 3.47. The Kier molecular flexibility index (Phi) is 4.61. The van der Waals surface area contributed by atoms with Gasteiger partial charge >= 0.3 is 0 Å². The molecule has 1 aliphatic carbocycles. The van der Waals surface area contributed by atoms with Gasteiger partial charge in [0.25, 0.3) is 0 Å². The van der Waals surface area contributed by atoms with Crippen LogP contribution in [0.1, 0.15) is 24.8 Å². The first-order chi connectivity index (χ1) is 8.69. The van der Waals surface area contributed by atoms with Crippen LogP contribution in [0.2, 0.25) is 0 Å². The van der Waals surface area contributed by atoms with E-state index in [-0.39, 0.29) is 0 Å². The van der Waals surface area contributed by atoms with Gasteiger partial charge in [-0.1, -0.05) is 18.6 Å². The highest BCUT2D eigenvalue weighted by Gasteiger charge is 2.25. The third-order valence-electron chi connectivity index (χ3n) is 3.77. The van der Waals surface area contributed by atoms with Crippen molar-refractivity contribution in [1.29, 1.82) is 0 Å². The van der Waals surface area contributed by atoms with Crippen molar-refractivity contribution in [3.05, 3.63) is 29.8 Å². The lowest BCUT2D eigenvalue weighted by atomic mass is 10.0. The third-order valence-corrected chi connectivity index (χ3v) is 3.77. The summed E-state index contributed by atoms with van der Waals surface area (Å²) in [6.07, 6.45) is 3.83. The molecule has 3 N–H and O–H groups in total. The van der Waals surface area contributed by atoms with Gasteiger partial charge in [0.05, 0.1) is 0 Å². The van der Waals surface area contributed by atoms with Crippen molar-refractivity contribution in [2.45, 2.75) is 31.8 Å². The zero-order valence-electron chi connectivity index (χ0n) is 11.5. The van der Waals surface area contributed by atoms with E-state index in [1.807, 2.05) is 0 Å². The molecule has 2 rings (SSSR count). The van der Waals surface area contributed by atoms with Crippen LogP contribution in [0.4, 0.5) is 5.69 Å². The van der Waals surface area contributed by atoms with Gasteiger partial charge in [-0.2, -0.15) is 0 Å². The molecule has 18 heavy (non-hydrogen) atoms. The van der Waals surface area contributed by atoms with Gasteiger partial charge in [-0.05, 0) is 57.1 Å². The largest absolute Gasteiger partial charge is 0.382 e. The fourth-order valence-corrected chi connectivity index (χ4v) is 2.79. The van der Waals surface area contributed by atoms with Crippen molar-refractivity contribution >= 4 is 5.69 Å². The van der Waals surface area contributed by atoms with Crippen LogP contribution in [0.25, 0.3) is 0 Å². The second-order valence-corrected chi connectivity index (χ2v) is 5.61. The van der Waals surface area contributed by atoms with Crippen LogP contribution in [-0.4, -0.2) is 31.6 Å². The van der Waals surface area contributed by atoms with E-state index in [0.29, 0.717) is 12.0 Å². The molecule has 1 aromatic rings. The Bertz CT molecular complexity index is 359. The zero-order valence-corrected chi connectivity index (χ0v) is 11.5. The van der Waals surface area contributed by atoms with Crippen molar-refractivity contribution in [1.82, 2.24) is 4.90 Å². The molecule has 0 aliphatic heterocycles. The molecule has 100 valence electrons. The lowest BCUT2D eigenvalue weighted by Crippen LogP contribution is -2.29. The van der Waals surface area contributed by atoms with Crippen LogP contribution in [-0.2, 0) is 6.54 Å². The van der Waals surface area contributed by atoms with Crippen molar-refractivity contribution in [2.75, 3.05) is 26.0 Å². The molecule has 0 saturated heterocycles. The molecule has 0 aromatic heterocycles. The Balaban J connectivity index is 1.93. The molecule has 0 spiro atoms. The van der Waals surface area contributed by atoms with Crippen molar-refractivity contribution in [3.63, 3.8) is 0 Å². The topological polar surface area (TPSA) is 41.3 Å². The monoisotopic (exact) mass is 247 g/mol. The average molecular weight is 247 g/mol. The molecule has 2 atom stereocenters. The summed E-state index contributed by atoms with van der Waals surface area (Å²) in [7, 11) is 4.19. The Morgan fingerprint density at radius 3 is 2.56 bits per heavy atom. The lowest BCUT2D eigenvalue weighted by Gasteiger charge is -2.21. The summed E-state index contributed by atoms with van der Waals surface area (Å²) >= 11 is 0. The standard InChI is InChI=1S/C15H25N3/c1-18(2)11-12-6-8-14(9-7-12)17-15-5-3-4-13(15)10-16/h6-9,13,15,17H,3-5,10-11,16H2,1-2H3. The van der Waals surface area contributed by atoms with E-state index in [2.05, 4.69) is 48.6 Å². The molecule has 0 amide bonds.